The first-order valence-corrected chi connectivity index (χ1v) is 6.07. The van der Waals surface area contributed by atoms with Crippen molar-refractivity contribution in [3.63, 3.8) is 0 Å². The standard InChI is InChI=1S/C14H15NO5/c1-20-14(19)10-3-2-9-4-5-15(7-11(17)8-16)13(18)12(9)6-10/h2-6,11,16-17H,7-8H2,1H3/t11-/m1/s1. The highest BCUT2D eigenvalue weighted by Crippen LogP contribution is 2.13. The lowest BCUT2D eigenvalue weighted by Gasteiger charge is -2.11. The van der Waals surface area contributed by atoms with Gasteiger partial charge in [0.2, 0.25) is 0 Å². The third-order valence-electron chi connectivity index (χ3n) is 3.02. The SMILES string of the molecule is COC(=O)c1ccc2ccn(C[C@@H](O)CO)c(=O)c2c1. The molecular formula is C14H15NO5. The average Bonchev–Trinajstić information content (AvgIpc) is 2.48. The van der Waals surface area contributed by atoms with Crippen molar-refractivity contribution < 1.29 is 19.7 Å². The molecular weight excluding hydrogens is 262 g/mol. The summed E-state index contributed by atoms with van der Waals surface area (Å²) in [6, 6.07) is 6.42. The molecule has 0 saturated carbocycles. The van der Waals surface area contributed by atoms with Crippen LogP contribution in [0.2, 0.25) is 0 Å². The number of esters is 1. The lowest BCUT2D eigenvalue weighted by molar-refractivity contribution is 0.0601. The quantitative estimate of drug-likeness (QED) is 0.776. The zero-order chi connectivity index (χ0) is 14.7. The van der Waals surface area contributed by atoms with E-state index in [0.29, 0.717) is 10.8 Å². The summed E-state index contributed by atoms with van der Waals surface area (Å²) in [4.78, 5) is 23.7. The van der Waals surface area contributed by atoms with E-state index in [1.165, 1.54) is 17.7 Å². The van der Waals surface area contributed by atoms with E-state index in [0.717, 1.165) is 0 Å². The minimum Gasteiger partial charge on any atom is -0.465 e. The predicted octanol–water partition coefficient (Wildman–Crippen LogP) is 0.141. The molecule has 1 aromatic carbocycles. The molecule has 2 rings (SSSR count). The van der Waals surface area contributed by atoms with Crippen molar-refractivity contribution in [3.8, 4) is 0 Å². The molecule has 1 atom stereocenters. The van der Waals surface area contributed by atoms with Gasteiger partial charge in [-0.3, -0.25) is 4.79 Å². The molecule has 0 bridgehead atoms. The normalized spacial score (nSPS) is 12.3. The number of aromatic nitrogens is 1. The van der Waals surface area contributed by atoms with Crippen molar-refractivity contribution >= 4 is 16.7 Å². The Morgan fingerprint density at radius 3 is 2.80 bits per heavy atom. The second kappa shape index (κ2) is 5.85. The van der Waals surface area contributed by atoms with Gasteiger partial charge < -0.3 is 19.5 Å². The average molecular weight is 277 g/mol. The minimum absolute atomic E-state index is 0.00623. The molecule has 0 radical (unpaired) electrons. The van der Waals surface area contributed by atoms with Gasteiger partial charge in [-0.25, -0.2) is 4.79 Å². The highest BCUT2D eigenvalue weighted by molar-refractivity contribution is 5.95. The van der Waals surface area contributed by atoms with Crippen LogP contribution in [0, 0.1) is 0 Å². The molecule has 6 heteroatoms. The third-order valence-corrected chi connectivity index (χ3v) is 3.02. The minimum atomic E-state index is -1.01. The van der Waals surface area contributed by atoms with E-state index in [2.05, 4.69) is 4.74 Å². The second-order valence-electron chi connectivity index (χ2n) is 4.40. The maximum Gasteiger partial charge on any atom is 0.337 e. The summed E-state index contributed by atoms with van der Waals surface area (Å²) >= 11 is 0. The van der Waals surface area contributed by atoms with Gasteiger partial charge in [0, 0.05) is 11.6 Å². The van der Waals surface area contributed by atoms with Crippen molar-refractivity contribution in [1.29, 1.82) is 0 Å². The largest absolute Gasteiger partial charge is 0.465 e. The Balaban J connectivity index is 2.52. The molecule has 1 heterocycles. The van der Waals surface area contributed by atoms with Crippen LogP contribution in [0.15, 0.2) is 35.3 Å². The number of methoxy groups -OCH3 is 1. The van der Waals surface area contributed by atoms with Gasteiger partial charge in [0.1, 0.15) is 0 Å². The van der Waals surface area contributed by atoms with Gasteiger partial charge in [0.25, 0.3) is 5.56 Å². The van der Waals surface area contributed by atoms with E-state index in [4.69, 9.17) is 5.11 Å². The van der Waals surface area contributed by atoms with E-state index in [1.807, 2.05) is 0 Å². The Morgan fingerprint density at radius 2 is 2.15 bits per heavy atom. The fraction of sp³-hybridized carbons (Fsp3) is 0.286. The van der Waals surface area contributed by atoms with Crippen LogP contribution < -0.4 is 5.56 Å². The van der Waals surface area contributed by atoms with E-state index >= 15 is 0 Å². The van der Waals surface area contributed by atoms with E-state index in [-0.39, 0.29) is 17.7 Å². The van der Waals surface area contributed by atoms with E-state index in [9.17, 15) is 14.7 Å². The summed E-state index contributed by atoms with van der Waals surface area (Å²) in [5, 5.41) is 19.3. The van der Waals surface area contributed by atoms with Gasteiger partial charge in [0.05, 0.1) is 31.9 Å². The fourth-order valence-electron chi connectivity index (χ4n) is 1.95. The highest BCUT2D eigenvalue weighted by Gasteiger charge is 2.10. The predicted molar refractivity (Wildman–Crippen MR) is 72.6 cm³/mol. The number of carbonyl (C=O) groups excluding carboxylic acids is 1. The lowest BCUT2D eigenvalue weighted by Crippen LogP contribution is -2.28. The molecule has 2 N–H and O–H groups in total. The number of benzene rings is 1. The summed E-state index contributed by atoms with van der Waals surface area (Å²) in [5.74, 6) is -0.517. The van der Waals surface area contributed by atoms with Crippen LogP contribution in [0.4, 0.5) is 0 Å². The van der Waals surface area contributed by atoms with E-state index in [1.54, 1.807) is 24.4 Å². The molecule has 1 aromatic heterocycles. The number of hydrogen-bond donors (Lipinski definition) is 2. The molecule has 20 heavy (non-hydrogen) atoms. The molecule has 0 aliphatic heterocycles. The van der Waals surface area contributed by atoms with Gasteiger partial charge in [-0.1, -0.05) is 6.07 Å². The van der Waals surface area contributed by atoms with Crippen LogP contribution in [0.1, 0.15) is 10.4 Å². The van der Waals surface area contributed by atoms with Crippen LogP contribution in [0.3, 0.4) is 0 Å². The van der Waals surface area contributed by atoms with Gasteiger partial charge in [0.15, 0.2) is 0 Å². The molecule has 0 unspecified atom stereocenters. The summed E-state index contributed by atoms with van der Waals surface area (Å²) < 4.78 is 5.91. The van der Waals surface area contributed by atoms with Crippen LogP contribution in [-0.2, 0) is 11.3 Å². The van der Waals surface area contributed by atoms with Gasteiger partial charge >= 0.3 is 5.97 Å². The first-order chi connectivity index (χ1) is 9.56. The summed E-state index contributed by atoms with van der Waals surface area (Å²) in [6.45, 7) is -0.430. The van der Waals surface area contributed by atoms with Gasteiger partial charge in [-0.15, -0.1) is 0 Å². The molecule has 0 amide bonds. The number of pyridine rings is 1. The Labute approximate surface area is 114 Å². The zero-order valence-corrected chi connectivity index (χ0v) is 10.9. The van der Waals surface area contributed by atoms with Crippen LogP contribution in [-0.4, -0.2) is 40.6 Å². The fourth-order valence-corrected chi connectivity index (χ4v) is 1.95. The van der Waals surface area contributed by atoms with E-state index < -0.39 is 18.7 Å². The van der Waals surface area contributed by atoms with Crippen molar-refractivity contribution in [1.82, 2.24) is 4.57 Å². The number of nitrogens with zero attached hydrogens (tertiary/aromatic N) is 1. The molecule has 0 aliphatic rings. The Kier molecular flexibility index (Phi) is 4.16. The number of aliphatic hydroxyl groups is 2. The molecule has 106 valence electrons. The second-order valence-corrected chi connectivity index (χ2v) is 4.40. The smallest absolute Gasteiger partial charge is 0.337 e. The zero-order valence-electron chi connectivity index (χ0n) is 10.9. The Morgan fingerprint density at radius 1 is 1.40 bits per heavy atom. The van der Waals surface area contributed by atoms with Crippen molar-refractivity contribution in [3.05, 3.63) is 46.4 Å². The van der Waals surface area contributed by atoms with Crippen molar-refractivity contribution in [2.45, 2.75) is 12.6 Å². The molecule has 2 aromatic rings. The third kappa shape index (κ3) is 2.71. The van der Waals surface area contributed by atoms with Gasteiger partial charge in [-0.05, 0) is 23.6 Å². The molecule has 0 spiro atoms. The number of carbonyl (C=O) groups is 1. The highest BCUT2D eigenvalue weighted by atomic mass is 16.5. The summed E-state index contributed by atoms with van der Waals surface area (Å²) in [5.41, 5.74) is -0.0432. The Bertz CT molecular complexity index is 692. The molecule has 0 saturated heterocycles. The maximum absolute atomic E-state index is 12.3. The number of aliphatic hydroxyl groups excluding tert-OH is 2. The Hall–Kier alpha value is -2.18. The summed E-state index contributed by atoms with van der Waals surface area (Å²) in [6.07, 6.45) is 0.537. The number of hydrogen-bond acceptors (Lipinski definition) is 5. The number of rotatable bonds is 4. The summed E-state index contributed by atoms with van der Waals surface area (Å²) in [7, 11) is 1.27. The molecule has 6 nitrogen and oxygen atoms in total. The monoisotopic (exact) mass is 277 g/mol. The first kappa shape index (κ1) is 14.2. The molecule has 0 aliphatic carbocycles. The van der Waals surface area contributed by atoms with Crippen LogP contribution >= 0.6 is 0 Å². The first-order valence-electron chi connectivity index (χ1n) is 6.07. The van der Waals surface area contributed by atoms with Crippen molar-refractivity contribution in [2.24, 2.45) is 0 Å². The number of ether oxygens (including phenoxy) is 1. The number of fused-ring (bicyclic) bond motifs is 1. The van der Waals surface area contributed by atoms with Gasteiger partial charge in [-0.2, -0.15) is 0 Å². The van der Waals surface area contributed by atoms with Crippen molar-refractivity contribution in [2.75, 3.05) is 13.7 Å². The molecule has 0 fully saturated rings. The van der Waals surface area contributed by atoms with Crippen LogP contribution in [0.25, 0.3) is 10.8 Å². The maximum atomic E-state index is 12.3. The topological polar surface area (TPSA) is 88.8 Å². The lowest BCUT2D eigenvalue weighted by atomic mass is 10.1. The van der Waals surface area contributed by atoms with Crippen LogP contribution in [0.5, 0.6) is 0 Å².